The minimum atomic E-state index is -1.92. The van der Waals surface area contributed by atoms with Crippen LogP contribution in [-0.2, 0) is 4.79 Å². The van der Waals surface area contributed by atoms with Gasteiger partial charge < -0.3 is 9.16 Å². The number of hydrogen-bond donors (Lipinski definition) is 0. The summed E-state index contributed by atoms with van der Waals surface area (Å²) in [6, 6.07) is 7.31. The minimum absolute atomic E-state index is 0.107. The van der Waals surface area contributed by atoms with Crippen molar-refractivity contribution in [3.05, 3.63) is 24.3 Å². The molecular formula is C14H22O3Si. The van der Waals surface area contributed by atoms with E-state index >= 15 is 0 Å². The second-order valence-electron chi connectivity index (χ2n) is 5.90. The first-order valence-corrected chi connectivity index (χ1v) is 9.01. The molecule has 0 unspecified atom stereocenters. The predicted octanol–water partition coefficient (Wildman–Crippen LogP) is 4.00. The third-order valence-corrected chi connectivity index (χ3v) is 7.62. The third kappa shape index (κ3) is 3.60. The fourth-order valence-corrected chi connectivity index (χ4v) is 2.23. The lowest BCUT2D eigenvalue weighted by Gasteiger charge is -2.36. The first-order chi connectivity index (χ1) is 8.13. The van der Waals surface area contributed by atoms with Crippen molar-refractivity contribution in [3.63, 3.8) is 0 Å². The van der Waals surface area contributed by atoms with Crippen molar-refractivity contribution in [2.24, 2.45) is 0 Å². The maximum absolute atomic E-state index is 11.1. The van der Waals surface area contributed by atoms with Crippen LogP contribution in [0.5, 0.6) is 11.5 Å². The quantitative estimate of drug-likeness (QED) is 0.471. The highest BCUT2D eigenvalue weighted by Gasteiger charge is 2.39. The van der Waals surface area contributed by atoms with Gasteiger partial charge in [0, 0.05) is 6.92 Å². The van der Waals surface area contributed by atoms with Gasteiger partial charge >= 0.3 is 5.97 Å². The molecule has 1 aromatic rings. The molecule has 4 heteroatoms. The Morgan fingerprint density at radius 2 is 1.61 bits per heavy atom. The number of esters is 1. The molecule has 0 aliphatic carbocycles. The lowest BCUT2D eigenvalue weighted by Crippen LogP contribution is -2.43. The van der Waals surface area contributed by atoms with Gasteiger partial charge in [-0.2, -0.15) is 0 Å². The highest BCUT2D eigenvalue weighted by atomic mass is 28.4. The van der Waals surface area contributed by atoms with Crippen LogP contribution in [0.2, 0.25) is 18.1 Å². The molecule has 0 radical (unpaired) electrons. The summed E-state index contributed by atoms with van der Waals surface area (Å²) in [5.41, 5.74) is 0. The molecule has 0 heterocycles. The zero-order chi connectivity index (χ0) is 14.0. The lowest BCUT2D eigenvalue weighted by molar-refractivity contribution is -0.131. The van der Waals surface area contributed by atoms with E-state index in [-0.39, 0.29) is 11.0 Å². The molecule has 0 fully saturated rings. The molecule has 1 aromatic carbocycles. The normalized spacial score (nSPS) is 12.1. The summed E-state index contributed by atoms with van der Waals surface area (Å²) >= 11 is 0. The van der Waals surface area contributed by atoms with E-state index in [9.17, 15) is 4.79 Å². The monoisotopic (exact) mass is 266 g/mol. The first kappa shape index (κ1) is 14.8. The second kappa shape index (κ2) is 5.14. The molecule has 0 spiro atoms. The molecule has 0 bridgehead atoms. The Hall–Kier alpha value is -1.29. The summed E-state index contributed by atoms with van der Waals surface area (Å²) in [6.07, 6.45) is 0. The van der Waals surface area contributed by atoms with Crippen LogP contribution in [0.3, 0.4) is 0 Å². The molecule has 0 aromatic heterocycles. The number of rotatable bonds is 3. The van der Waals surface area contributed by atoms with Crippen LogP contribution in [0.15, 0.2) is 24.3 Å². The van der Waals surface area contributed by atoms with Crippen molar-refractivity contribution < 1.29 is 14.0 Å². The van der Waals surface area contributed by atoms with E-state index in [1.165, 1.54) is 6.92 Å². The Bertz CT molecular complexity index is 433. The van der Waals surface area contributed by atoms with Gasteiger partial charge in [0.15, 0.2) is 5.75 Å². The fourth-order valence-electron chi connectivity index (χ4n) is 1.20. The summed E-state index contributed by atoms with van der Waals surface area (Å²) in [4.78, 5) is 11.1. The summed E-state index contributed by atoms with van der Waals surface area (Å²) in [5, 5.41) is 0.107. The number of carbonyl (C=O) groups excluding carboxylic acids is 1. The van der Waals surface area contributed by atoms with Crippen LogP contribution >= 0.6 is 0 Å². The summed E-state index contributed by atoms with van der Waals surface area (Å²) in [5.74, 6) is 0.815. The highest BCUT2D eigenvalue weighted by molar-refractivity contribution is 6.74. The van der Waals surface area contributed by atoms with Gasteiger partial charge in [-0.1, -0.05) is 32.9 Å². The summed E-state index contributed by atoms with van der Waals surface area (Å²) < 4.78 is 11.3. The zero-order valence-corrected chi connectivity index (χ0v) is 13.0. The molecule has 18 heavy (non-hydrogen) atoms. The number of benzene rings is 1. The maximum atomic E-state index is 11.1. The van der Waals surface area contributed by atoms with Gasteiger partial charge in [-0.15, -0.1) is 0 Å². The van der Waals surface area contributed by atoms with Crippen LogP contribution in [0.25, 0.3) is 0 Å². The minimum Gasteiger partial charge on any atom is -0.541 e. The molecule has 0 N–H and O–H groups in total. The number of hydrogen-bond acceptors (Lipinski definition) is 3. The van der Waals surface area contributed by atoms with E-state index in [0.29, 0.717) is 11.5 Å². The molecule has 0 saturated heterocycles. The Morgan fingerprint density at radius 1 is 1.11 bits per heavy atom. The van der Waals surface area contributed by atoms with Crippen molar-refractivity contribution in [1.82, 2.24) is 0 Å². The average molecular weight is 266 g/mol. The molecule has 0 aliphatic rings. The number of ether oxygens (including phenoxy) is 1. The highest BCUT2D eigenvalue weighted by Crippen LogP contribution is 2.39. The van der Waals surface area contributed by atoms with E-state index in [1.54, 1.807) is 6.07 Å². The number of para-hydroxylation sites is 2. The topological polar surface area (TPSA) is 35.5 Å². The van der Waals surface area contributed by atoms with E-state index in [4.69, 9.17) is 9.16 Å². The van der Waals surface area contributed by atoms with Gasteiger partial charge in [0.1, 0.15) is 5.75 Å². The van der Waals surface area contributed by atoms with Gasteiger partial charge in [-0.05, 0) is 30.3 Å². The standard InChI is InChI=1S/C14H22O3Si/c1-11(15)16-12-9-7-8-10-13(12)17-18(5,6)14(2,3)4/h7-10H,1-6H3. The van der Waals surface area contributed by atoms with Crippen molar-refractivity contribution in [1.29, 1.82) is 0 Å². The van der Waals surface area contributed by atoms with Crippen LogP contribution in [-0.4, -0.2) is 14.3 Å². The first-order valence-electron chi connectivity index (χ1n) is 6.10. The molecule has 0 saturated carbocycles. The molecule has 1 rings (SSSR count). The molecule has 0 aliphatic heterocycles. The summed E-state index contributed by atoms with van der Waals surface area (Å²) in [6.45, 7) is 12.2. The van der Waals surface area contributed by atoms with Crippen molar-refractivity contribution in [3.8, 4) is 11.5 Å². The van der Waals surface area contributed by atoms with E-state index in [1.807, 2.05) is 18.2 Å². The molecule has 3 nitrogen and oxygen atoms in total. The van der Waals surface area contributed by atoms with Crippen molar-refractivity contribution >= 4 is 14.3 Å². The molecule has 0 atom stereocenters. The average Bonchev–Trinajstić information content (AvgIpc) is 2.18. The van der Waals surface area contributed by atoms with Gasteiger partial charge in [-0.3, -0.25) is 4.79 Å². The fraction of sp³-hybridized carbons (Fsp3) is 0.500. The molecule has 100 valence electrons. The smallest absolute Gasteiger partial charge is 0.308 e. The zero-order valence-electron chi connectivity index (χ0n) is 12.0. The lowest BCUT2D eigenvalue weighted by atomic mass is 10.2. The van der Waals surface area contributed by atoms with Gasteiger partial charge in [0.05, 0.1) is 0 Å². The maximum Gasteiger partial charge on any atom is 0.308 e. The van der Waals surface area contributed by atoms with Crippen LogP contribution in [0.4, 0.5) is 0 Å². The Morgan fingerprint density at radius 3 is 2.06 bits per heavy atom. The predicted molar refractivity (Wildman–Crippen MR) is 75.6 cm³/mol. The van der Waals surface area contributed by atoms with E-state index in [0.717, 1.165) is 0 Å². The Balaban J connectivity index is 3.01. The van der Waals surface area contributed by atoms with Crippen LogP contribution in [0.1, 0.15) is 27.7 Å². The third-order valence-electron chi connectivity index (χ3n) is 3.27. The van der Waals surface area contributed by atoms with Crippen molar-refractivity contribution in [2.45, 2.75) is 45.8 Å². The summed E-state index contributed by atoms with van der Waals surface area (Å²) in [7, 11) is -1.92. The largest absolute Gasteiger partial charge is 0.541 e. The Labute approximate surface area is 110 Å². The van der Waals surface area contributed by atoms with Crippen molar-refractivity contribution in [2.75, 3.05) is 0 Å². The van der Waals surface area contributed by atoms with Crippen LogP contribution < -0.4 is 9.16 Å². The number of carbonyl (C=O) groups is 1. The van der Waals surface area contributed by atoms with Gasteiger partial charge in [0.25, 0.3) is 8.32 Å². The second-order valence-corrected chi connectivity index (χ2v) is 10.6. The van der Waals surface area contributed by atoms with Crippen LogP contribution in [0, 0.1) is 0 Å². The van der Waals surface area contributed by atoms with Gasteiger partial charge in [-0.25, -0.2) is 0 Å². The van der Waals surface area contributed by atoms with E-state index < -0.39 is 8.32 Å². The molecular weight excluding hydrogens is 244 g/mol. The molecule has 0 amide bonds. The SMILES string of the molecule is CC(=O)Oc1ccccc1O[Si](C)(C)C(C)(C)C. The van der Waals surface area contributed by atoms with E-state index in [2.05, 4.69) is 33.9 Å². The van der Waals surface area contributed by atoms with Gasteiger partial charge in [0.2, 0.25) is 0 Å². The Kier molecular flexibility index (Phi) is 4.22.